The zero-order valence-corrected chi connectivity index (χ0v) is 11.7. The Kier molecular flexibility index (Phi) is 4.43. The van der Waals surface area contributed by atoms with Crippen LogP contribution in [0.15, 0.2) is 18.2 Å². The average molecular weight is 263 g/mol. The van der Waals surface area contributed by atoms with Crippen LogP contribution in [0.2, 0.25) is 0 Å². The van der Waals surface area contributed by atoms with Crippen molar-refractivity contribution in [3.05, 3.63) is 29.3 Å². The molecule has 19 heavy (non-hydrogen) atoms. The predicted octanol–water partition coefficient (Wildman–Crippen LogP) is 1.87. The maximum absolute atomic E-state index is 12.0. The van der Waals surface area contributed by atoms with Crippen LogP contribution in [0, 0.1) is 12.8 Å². The van der Waals surface area contributed by atoms with Gasteiger partial charge in [0, 0.05) is 19.0 Å². The quantitative estimate of drug-likeness (QED) is 0.842. The van der Waals surface area contributed by atoms with E-state index in [2.05, 4.69) is 17.4 Å². The molecule has 0 amide bonds. The van der Waals surface area contributed by atoms with Crippen molar-refractivity contribution in [2.75, 3.05) is 26.8 Å². The fourth-order valence-corrected chi connectivity index (χ4v) is 2.63. The Morgan fingerprint density at radius 3 is 2.89 bits per heavy atom. The van der Waals surface area contributed by atoms with Crippen LogP contribution in [0.4, 0.5) is 0 Å². The SMILES string of the molecule is CCOC(=O)C1CNCC1c1ccc(C)cc1OC. The number of methoxy groups -OCH3 is 1. The van der Waals surface area contributed by atoms with Crippen molar-refractivity contribution in [3.8, 4) is 5.75 Å². The van der Waals surface area contributed by atoms with Gasteiger partial charge in [-0.15, -0.1) is 0 Å². The molecule has 0 bridgehead atoms. The molecular formula is C15H21NO3. The Hall–Kier alpha value is -1.55. The molecule has 2 rings (SSSR count). The molecule has 0 spiro atoms. The van der Waals surface area contributed by atoms with E-state index in [1.54, 1.807) is 7.11 Å². The summed E-state index contributed by atoms with van der Waals surface area (Å²) in [6.45, 7) is 5.74. The highest BCUT2D eigenvalue weighted by atomic mass is 16.5. The van der Waals surface area contributed by atoms with Gasteiger partial charge in [-0.05, 0) is 31.0 Å². The monoisotopic (exact) mass is 263 g/mol. The van der Waals surface area contributed by atoms with Gasteiger partial charge in [0.2, 0.25) is 0 Å². The lowest BCUT2D eigenvalue weighted by Gasteiger charge is -2.20. The van der Waals surface area contributed by atoms with Gasteiger partial charge in [-0.1, -0.05) is 12.1 Å². The van der Waals surface area contributed by atoms with E-state index in [-0.39, 0.29) is 17.8 Å². The first-order chi connectivity index (χ1) is 9.17. The van der Waals surface area contributed by atoms with Gasteiger partial charge >= 0.3 is 5.97 Å². The van der Waals surface area contributed by atoms with Gasteiger partial charge in [0.15, 0.2) is 0 Å². The number of carbonyl (C=O) groups excluding carboxylic acids is 1. The molecule has 1 aromatic rings. The summed E-state index contributed by atoms with van der Waals surface area (Å²) in [6.07, 6.45) is 0. The summed E-state index contributed by atoms with van der Waals surface area (Å²) in [5, 5.41) is 3.27. The number of carbonyl (C=O) groups is 1. The van der Waals surface area contributed by atoms with Crippen molar-refractivity contribution in [2.24, 2.45) is 5.92 Å². The number of benzene rings is 1. The van der Waals surface area contributed by atoms with Crippen molar-refractivity contribution in [3.63, 3.8) is 0 Å². The Morgan fingerprint density at radius 2 is 2.21 bits per heavy atom. The molecule has 1 saturated heterocycles. The number of ether oxygens (including phenoxy) is 2. The van der Waals surface area contributed by atoms with Gasteiger partial charge in [0.25, 0.3) is 0 Å². The van der Waals surface area contributed by atoms with Gasteiger partial charge in [0.1, 0.15) is 5.75 Å². The standard InChI is InChI=1S/C15H21NO3/c1-4-19-15(17)13-9-16-8-12(13)11-6-5-10(2)7-14(11)18-3/h5-7,12-13,16H,4,8-9H2,1-3H3. The van der Waals surface area contributed by atoms with Gasteiger partial charge in [-0.3, -0.25) is 4.79 Å². The Morgan fingerprint density at radius 1 is 1.42 bits per heavy atom. The van der Waals surface area contributed by atoms with Crippen molar-refractivity contribution < 1.29 is 14.3 Å². The van der Waals surface area contributed by atoms with E-state index < -0.39 is 0 Å². The van der Waals surface area contributed by atoms with Crippen LogP contribution in [0.3, 0.4) is 0 Å². The molecule has 104 valence electrons. The van der Waals surface area contributed by atoms with Crippen LogP contribution in [0.25, 0.3) is 0 Å². The summed E-state index contributed by atoms with van der Waals surface area (Å²) in [7, 11) is 1.67. The number of hydrogen-bond acceptors (Lipinski definition) is 4. The second-order valence-electron chi connectivity index (χ2n) is 4.87. The van der Waals surface area contributed by atoms with E-state index in [1.807, 2.05) is 19.9 Å². The van der Waals surface area contributed by atoms with E-state index in [1.165, 1.54) is 0 Å². The van der Waals surface area contributed by atoms with Crippen molar-refractivity contribution in [1.82, 2.24) is 5.32 Å². The molecular weight excluding hydrogens is 242 g/mol. The molecule has 0 saturated carbocycles. The zero-order valence-electron chi connectivity index (χ0n) is 11.7. The summed E-state index contributed by atoms with van der Waals surface area (Å²) >= 11 is 0. The van der Waals surface area contributed by atoms with Crippen LogP contribution < -0.4 is 10.1 Å². The number of aryl methyl sites for hydroxylation is 1. The lowest BCUT2D eigenvalue weighted by atomic mass is 9.88. The molecule has 0 aromatic heterocycles. The molecule has 1 aliphatic rings. The van der Waals surface area contributed by atoms with E-state index in [4.69, 9.17) is 9.47 Å². The zero-order chi connectivity index (χ0) is 13.8. The van der Waals surface area contributed by atoms with Crippen LogP contribution in [0.1, 0.15) is 24.0 Å². The Bertz CT molecular complexity index is 459. The second-order valence-corrected chi connectivity index (χ2v) is 4.87. The minimum Gasteiger partial charge on any atom is -0.496 e. The molecule has 2 atom stereocenters. The first-order valence-corrected chi connectivity index (χ1v) is 6.69. The third-order valence-corrected chi connectivity index (χ3v) is 3.59. The molecule has 1 fully saturated rings. The summed E-state index contributed by atoms with van der Waals surface area (Å²) in [5.74, 6) is 0.717. The fraction of sp³-hybridized carbons (Fsp3) is 0.533. The van der Waals surface area contributed by atoms with Gasteiger partial charge < -0.3 is 14.8 Å². The third kappa shape index (κ3) is 2.89. The second kappa shape index (κ2) is 6.06. The highest BCUT2D eigenvalue weighted by Gasteiger charge is 2.36. The van der Waals surface area contributed by atoms with Gasteiger partial charge in [-0.2, -0.15) is 0 Å². The van der Waals surface area contributed by atoms with Crippen LogP contribution in [-0.4, -0.2) is 32.8 Å². The van der Waals surface area contributed by atoms with Crippen LogP contribution in [0.5, 0.6) is 5.75 Å². The molecule has 0 radical (unpaired) electrons. The lowest BCUT2D eigenvalue weighted by molar-refractivity contribution is -0.147. The molecule has 4 nitrogen and oxygen atoms in total. The average Bonchev–Trinajstić information content (AvgIpc) is 2.88. The smallest absolute Gasteiger partial charge is 0.310 e. The number of rotatable bonds is 4. The normalized spacial score (nSPS) is 22.3. The maximum Gasteiger partial charge on any atom is 0.310 e. The number of nitrogens with one attached hydrogen (secondary N) is 1. The van der Waals surface area contributed by atoms with Crippen molar-refractivity contribution >= 4 is 5.97 Å². The summed E-state index contributed by atoms with van der Waals surface area (Å²) in [4.78, 5) is 12.0. The largest absolute Gasteiger partial charge is 0.496 e. The van der Waals surface area contributed by atoms with Crippen molar-refractivity contribution in [1.29, 1.82) is 0 Å². The minimum atomic E-state index is -0.128. The summed E-state index contributed by atoms with van der Waals surface area (Å²) < 4.78 is 10.6. The maximum atomic E-state index is 12.0. The van der Waals surface area contributed by atoms with E-state index in [0.717, 1.165) is 23.4 Å². The van der Waals surface area contributed by atoms with E-state index >= 15 is 0 Å². The molecule has 4 heteroatoms. The Balaban J connectivity index is 2.27. The number of hydrogen-bond donors (Lipinski definition) is 1. The fourth-order valence-electron chi connectivity index (χ4n) is 2.63. The molecule has 1 aromatic carbocycles. The first kappa shape index (κ1) is 13.9. The highest BCUT2D eigenvalue weighted by molar-refractivity contribution is 5.75. The Labute approximate surface area is 114 Å². The molecule has 2 unspecified atom stereocenters. The van der Waals surface area contributed by atoms with E-state index in [9.17, 15) is 4.79 Å². The molecule has 1 N–H and O–H groups in total. The highest BCUT2D eigenvalue weighted by Crippen LogP contribution is 2.35. The van der Waals surface area contributed by atoms with Gasteiger partial charge in [-0.25, -0.2) is 0 Å². The summed E-state index contributed by atoms with van der Waals surface area (Å²) in [5.41, 5.74) is 2.23. The predicted molar refractivity (Wildman–Crippen MR) is 73.5 cm³/mol. The summed E-state index contributed by atoms with van der Waals surface area (Å²) in [6, 6.07) is 6.12. The first-order valence-electron chi connectivity index (χ1n) is 6.69. The lowest BCUT2D eigenvalue weighted by Crippen LogP contribution is -2.24. The topological polar surface area (TPSA) is 47.6 Å². The molecule has 0 aliphatic carbocycles. The van der Waals surface area contributed by atoms with Crippen molar-refractivity contribution in [2.45, 2.75) is 19.8 Å². The molecule has 1 heterocycles. The molecule has 1 aliphatic heterocycles. The van der Waals surface area contributed by atoms with E-state index in [0.29, 0.717) is 13.2 Å². The van der Waals surface area contributed by atoms with Gasteiger partial charge in [0.05, 0.1) is 19.6 Å². The minimum absolute atomic E-state index is 0.120. The number of esters is 1. The van der Waals surface area contributed by atoms with Crippen LogP contribution in [-0.2, 0) is 9.53 Å². The third-order valence-electron chi connectivity index (χ3n) is 3.59. The van der Waals surface area contributed by atoms with Crippen LogP contribution >= 0.6 is 0 Å².